The molecule has 2 saturated heterocycles. The summed E-state index contributed by atoms with van der Waals surface area (Å²) < 4.78 is 4.88. The van der Waals surface area contributed by atoms with Crippen molar-refractivity contribution in [1.82, 2.24) is 20.0 Å². The molecule has 2 aliphatic rings. The minimum atomic E-state index is -1.05. The van der Waals surface area contributed by atoms with Crippen LogP contribution in [0.4, 0.5) is 9.59 Å². The molecule has 2 rings (SSSR count). The third-order valence-electron chi connectivity index (χ3n) is 5.12. The molecule has 0 radical (unpaired) electrons. The highest BCUT2D eigenvalue weighted by Crippen LogP contribution is 2.22. The van der Waals surface area contributed by atoms with Crippen molar-refractivity contribution in [1.29, 1.82) is 0 Å². The summed E-state index contributed by atoms with van der Waals surface area (Å²) in [7, 11) is 1.37. The number of nitrogens with zero attached hydrogens (tertiary/aromatic N) is 3. The van der Waals surface area contributed by atoms with E-state index in [0.717, 1.165) is 0 Å². The van der Waals surface area contributed by atoms with Crippen molar-refractivity contribution >= 4 is 18.2 Å². The van der Waals surface area contributed by atoms with Crippen LogP contribution in [0.2, 0.25) is 0 Å². The molecule has 2 fully saturated rings. The number of carboxylic acid groups (broad SMARTS) is 2. The predicted octanol–water partition coefficient (Wildman–Crippen LogP) is -0.0575. The molecule has 10 heteroatoms. The summed E-state index contributed by atoms with van der Waals surface area (Å²) in [6.07, 6.45) is -1.52. The average Bonchev–Trinajstić information content (AvgIpc) is 3.03. The molecule has 2 heterocycles. The zero-order valence-electron chi connectivity index (χ0n) is 15.4. The minimum absolute atomic E-state index is 0.0114. The first-order valence-corrected chi connectivity index (χ1v) is 8.79. The van der Waals surface area contributed by atoms with Crippen LogP contribution >= 0.6 is 0 Å². The van der Waals surface area contributed by atoms with Gasteiger partial charge >= 0.3 is 18.2 Å². The number of carbonyl (C=O) groups is 3. The summed E-state index contributed by atoms with van der Waals surface area (Å²) >= 11 is 0. The van der Waals surface area contributed by atoms with Gasteiger partial charge in [-0.05, 0) is 20.3 Å². The number of methoxy groups -OCH3 is 1. The zero-order valence-corrected chi connectivity index (χ0v) is 15.4. The Bertz CT molecular complexity index is 543. The molecule has 0 saturated carbocycles. The first-order chi connectivity index (χ1) is 12.2. The number of carbonyl (C=O) groups excluding carboxylic acids is 1. The fraction of sp³-hybridized carbons (Fsp3) is 0.812. The van der Waals surface area contributed by atoms with E-state index in [1.807, 2.05) is 13.8 Å². The van der Waals surface area contributed by atoms with Gasteiger partial charge in [-0.3, -0.25) is 9.69 Å². The van der Waals surface area contributed by atoms with E-state index in [1.165, 1.54) is 16.9 Å². The van der Waals surface area contributed by atoms with Gasteiger partial charge in [0.15, 0.2) is 0 Å². The molecule has 3 atom stereocenters. The number of ether oxygens (including phenoxy) is 1. The maximum atomic E-state index is 12.0. The zero-order chi connectivity index (χ0) is 19.4. The second-order valence-corrected chi connectivity index (χ2v) is 7.03. The summed E-state index contributed by atoms with van der Waals surface area (Å²) in [6.45, 7) is 5.47. The molecular formula is C16H28N4O6. The van der Waals surface area contributed by atoms with Gasteiger partial charge in [0.25, 0.3) is 0 Å². The Hall–Kier alpha value is -2.07. The van der Waals surface area contributed by atoms with Crippen molar-refractivity contribution < 1.29 is 29.3 Å². The Balaban J connectivity index is 1.98. The third-order valence-corrected chi connectivity index (χ3v) is 5.12. The van der Waals surface area contributed by atoms with Crippen molar-refractivity contribution in [3.8, 4) is 0 Å². The van der Waals surface area contributed by atoms with Gasteiger partial charge in [0.05, 0.1) is 13.2 Å². The van der Waals surface area contributed by atoms with E-state index in [-0.39, 0.29) is 43.7 Å². The summed E-state index contributed by atoms with van der Waals surface area (Å²) in [5, 5.41) is 21.8. The van der Waals surface area contributed by atoms with Gasteiger partial charge in [0.2, 0.25) is 0 Å². The molecule has 10 nitrogen and oxygen atoms in total. The Morgan fingerprint density at radius 3 is 2.38 bits per heavy atom. The molecule has 148 valence electrons. The smallest absolute Gasteiger partial charge is 0.407 e. The summed E-state index contributed by atoms with van der Waals surface area (Å²) in [5.41, 5.74) is 0. The summed E-state index contributed by atoms with van der Waals surface area (Å²) in [4.78, 5) is 39.2. The normalized spacial score (nSPS) is 27.0. The molecule has 2 aliphatic heterocycles. The Kier molecular flexibility index (Phi) is 6.65. The van der Waals surface area contributed by atoms with Gasteiger partial charge < -0.3 is 30.1 Å². The van der Waals surface area contributed by atoms with Gasteiger partial charge in [-0.15, -0.1) is 0 Å². The highest BCUT2D eigenvalue weighted by Gasteiger charge is 2.39. The molecule has 2 amide bonds. The summed E-state index contributed by atoms with van der Waals surface area (Å²) in [5.74, 6) is -0.273. The lowest BCUT2D eigenvalue weighted by Gasteiger charge is -2.39. The molecule has 0 aromatic heterocycles. The fourth-order valence-corrected chi connectivity index (χ4v) is 3.71. The lowest BCUT2D eigenvalue weighted by Crippen LogP contribution is -2.59. The van der Waals surface area contributed by atoms with Gasteiger partial charge in [-0.25, -0.2) is 9.59 Å². The van der Waals surface area contributed by atoms with Crippen LogP contribution in [0, 0.1) is 0 Å². The molecular weight excluding hydrogens is 344 g/mol. The number of esters is 1. The van der Waals surface area contributed by atoms with Crippen molar-refractivity contribution in [3.63, 3.8) is 0 Å². The Morgan fingerprint density at radius 1 is 1.15 bits per heavy atom. The lowest BCUT2D eigenvalue weighted by molar-refractivity contribution is -0.146. The van der Waals surface area contributed by atoms with Crippen LogP contribution in [0.25, 0.3) is 0 Å². The van der Waals surface area contributed by atoms with Crippen LogP contribution in [0.15, 0.2) is 0 Å². The van der Waals surface area contributed by atoms with Crippen molar-refractivity contribution in [2.24, 2.45) is 0 Å². The maximum absolute atomic E-state index is 12.0. The third kappa shape index (κ3) is 4.55. The number of rotatable bonds is 5. The minimum Gasteiger partial charge on any atom is -0.468 e. The van der Waals surface area contributed by atoms with Gasteiger partial charge in [0, 0.05) is 44.8 Å². The number of amides is 2. The number of hydrogen-bond donors (Lipinski definition) is 3. The largest absolute Gasteiger partial charge is 0.468 e. The fourth-order valence-electron chi connectivity index (χ4n) is 3.71. The molecule has 3 N–H and O–H groups in total. The first-order valence-electron chi connectivity index (χ1n) is 8.79. The molecule has 0 aromatic carbocycles. The second-order valence-electron chi connectivity index (χ2n) is 7.03. The molecule has 0 aliphatic carbocycles. The Morgan fingerprint density at radius 2 is 1.85 bits per heavy atom. The van der Waals surface area contributed by atoms with E-state index in [4.69, 9.17) is 9.84 Å². The van der Waals surface area contributed by atoms with Gasteiger partial charge in [-0.2, -0.15) is 0 Å². The van der Waals surface area contributed by atoms with Crippen molar-refractivity contribution in [3.05, 3.63) is 0 Å². The number of likely N-dealkylation sites (tertiary alicyclic amines) is 1. The van der Waals surface area contributed by atoms with Gasteiger partial charge in [-0.1, -0.05) is 0 Å². The number of nitrogens with one attached hydrogen (secondary N) is 1. The van der Waals surface area contributed by atoms with E-state index in [9.17, 15) is 19.5 Å². The van der Waals surface area contributed by atoms with Crippen LogP contribution in [0.3, 0.4) is 0 Å². The standard InChI is InChI=1S/C16H28N4O6/c1-10(2)20-8-11(6-13(20)14(21)26-3)17-7-12-9-18(15(22)23)4-5-19(12)16(24)25/h10-13,17H,4-9H2,1-3H3,(H,22,23)(H,24,25)/t11-,12?,13+/m1/s1. The molecule has 1 unspecified atom stereocenters. The first kappa shape index (κ1) is 20.2. The molecule has 0 aromatic rings. The molecule has 0 spiro atoms. The lowest BCUT2D eigenvalue weighted by atomic mass is 10.1. The highest BCUT2D eigenvalue weighted by molar-refractivity contribution is 5.76. The van der Waals surface area contributed by atoms with E-state index < -0.39 is 18.2 Å². The van der Waals surface area contributed by atoms with Gasteiger partial charge in [0.1, 0.15) is 6.04 Å². The SMILES string of the molecule is COC(=O)[C@@H]1C[C@@H](NCC2CN(C(=O)O)CCN2C(=O)O)CN1C(C)C. The van der Waals surface area contributed by atoms with Crippen molar-refractivity contribution in [2.75, 3.05) is 39.8 Å². The highest BCUT2D eigenvalue weighted by atomic mass is 16.5. The molecule has 0 bridgehead atoms. The van der Waals surface area contributed by atoms with Crippen LogP contribution in [-0.2, 0) is 9.53 Å². The van der Waals surface area contributed by atoms with Crippen LogP contribution in [0.5, 0.6) is 0 Å². The quantitative estimate of drug-likeness (QED) is 0.574. The van der Waals surface area contributed by atoms with E-state index in [0.29, 0.717) is 19.5 Å². The van der Waals surface area contributed by atoms with Crippen LogP contribution < -0.4 is 5.32 Å². The number of piperazine rings is 1. The van der Waals surface area contributed by atoms with Crippen LogP contribution in [0.1, 0.15) is 20.3 Å². The topological polar surface area (TPSA) is 123 Å². The second kappa shape index (κ2) is 8.54. The van der Waals surface area contributed by atoms with Crippen LogP contribution in [-0.4, -0.2) is 107 Å². The molecule has 26 heavy (non-hydrogen) atoms. The average molecular weight is 372 g/mol. The van der Waals surface area contributed by atoms with Crippen molar-refractivity contribution in [2.45, 2.75) is 44.4 Å². The maximum Gasteiger partial charge on any atom is 0.407 e. The number of hydrogen-bond acceptors (Lipinski definition) is 6. The summed E-state index contributed by atoms with van der Waals surface area (Å²) in [6, 6.07) is -0.590. The van der Waals surface area contributed by atoms with E-state index in [2.05, 4.69) is 10.2 Å². The monoisotopic (exact) mass is 372 g/mol. The van der Waals surface area contributed by atoms with E-state index >= 15 is 0 Å². The van der Waals surface area contributed by atoms with E-state index in [1.54, 1.807) is 0 Å². The predicted molar refractivity (Wildman–Crippen MR) is 92.2 cm³/mol. The Labute approximate surface area is 152 Å².